The molecule has 0 saturated carbocycles. The van der Waals surface area contributed by atoms with Crippen LogP contribution in [0.5, 0.6) is 0 Å². The van der Waals surface area contributed by atoms with Gasteiger partial charge in [-0.1, -0.05) is 37.9 Å². The van der Waals surface area contributed by atoms with Crippen molar-refractivity contribution in [2.45, 2.75) is 11.1 Å². The quantitative estimate of drug-likeness (QED) is 0.700. The van der Waals surface area contributed by atoms with Crippen LogP contribution in [0.1, 0.15) is 5.56 Å². The smallest absolute Gasteiger partial charge is 0.280 e. The van der Waals surface area contributed by atoms with E-state index < -0.39 is 21.8 Å². The lowest BCUT2D eigenvalue weighted by Gasteiger charge is -2.12. The third kappa shape index (κ3) is 4.23. The number of rotatable bonds is 3. The van der Waals surface area contributed by atoms with E-state index >= 15 is 0 Å². The van der Waals surface area contributed by atoms with Gasteiger partial charge in [0.1, 0.15) is 0 Å². The second kappa shape index (κ2) is 6.21. The predicted molar refractivity (Wildman–Crippen MR) is 84.1 cm³/mol. The van der Waals surface area contributed by atoms with Crippen molar-refractivity contribution in [3.8, 4) is 0 Å². The van der Waals surface area contributed by atoms with E-state index in [1.807, 2.05) is 0 Å². The fourth-order valence-electron chi connectivity index (χ4n) is 1.66. The van der Waals surface area contributed by atoms with Crippen LogP contribution in [0.3, 0.4) is 0 Å². The van der Waals surface area contributed by atoms with E-state index in [0.717, 1.165) is 12.1 Å². The minimum absolute atomic E-state index is 0.0598. The molecule has 9 heteroatoms. The largest absolute Gasteiger partial charge is 0.416 e. The summed E-state index contributed by atoms with van der Waals surface area (Å²) in [6.07, 6.45) is -4.57. The van der Waals surface area contributed by atoms with Gasteiger partial charge in [0, 0.05) is 8.95 Å². The van der Waals surface area contributed by atoms with E-state index in [1.165, 1.54) is 24.3 Å². The molecule has 2 aromatic rings. The van der Waals surface area contributed by atoms with E-state index in [-0.39, 0.29) is 15.1 Å². The SMILES string of the molecule is O=S(=O)(Nc1cc(Br)cc(C(F)(F)F)c1)c1cccc(Br)c1. The average Bonchev–Trinajstić information content (AvgIpc) is 2.36. The molecule has 0 aromatic heterocycles. The van der Waals surface area contributed by atoms with Crippen LogP contribution in [0.4, 0.5) is 18.9 Å². The Kier molecular flexibility index (Phi) is 4.88. The number of alkyl halides is 3. The van der Waals surface area contributed by atoms with E-state index in [9.17, 15) is 21.6 Å². The minimum Gasteiger partial charge on any atom is -0.280 e. The first kappa shape index (κ1) is 17.3. The number of halogens is 5. The topological polar surface area (TPSA) is 46.2 Å². The number of sulfonamides is 1. The Balaban J connectivity index is 2.40. The summed E-state index contributed by atoms with van der Waals surface area (Å²) in [5, 5.41) is 0. The van der Waals surface area contributed by atoms with Crippen LogP contribution in [0.2, 0.25) is 0 Å². The van der Waals surface area contributed by atoms with Gasteiger partial charge < -0.3 is 0 Å². The molecule has 0 atom stereocenters. The number of anilines is 1. The molecular weight excluding hydrogens is 451 g/mol. The standard InChI is InChI=1S/C13H8Br2F3NO2S/c14-9-2-1-3-12(7-9)22(20,21)19-11-5-8(13(16,17)18)4-10(15)6-11/h1-7,19H. The van der Waals surface area contributed by atoms with Crippen molar-refractivity contribution in [3.63, 3.8) is 0 Å². The van der Waals surface area contributed by atoms with Gasteiger partial charge in [-0.3, -0.25) is 4.72 Å². The molecular formula is C13H8Br2F3NO2S. The highest BCUT2D eigenvalue weighted by molar-refractivity contribution is 9.10. The zero-order valence-corrected chi connectivity index (χ0v) is 14.6. The zero-order valence-electron chi connectivity index (χ0n) is 10.7. The molecule has 0 fully saturated rings. The average molecular weight is 459 g/mol. The van der Waals surface area contributed by atoms with E-state index in [0.29, 0.717) is 4.47 Å². The van der Waals surface area contributed by atoms with E-state index in [4.69, 9.17) is 0 Å². The van der Waals surface area contributed by atoms with Gasteiger partial charge in [0.2, 0.25) is 0 Å². The maximum Gasteiger partial charge on any atom is 0.416 e. The fourth-order valence-corrected chi connectivity index (χ4v) is 3.79. The molecule has 2 aromatic carbocycles. The van der Waals surface area contributed by atoms with Gasteiger partial charge in [-0.15, -0.1) is 0 Å². The molecule has 0 spiro atoms. The van der Waals surface area contributed by atoms with Crippen LogP contribution < -0.4 is 4.72 Å². The van der Waals surface area contributed by atoms with Crippen LogP contribution >= 0.6 is 31.9 Å². The van der Waals surface area contributed by atoms with Crippen LogP contribution in [-0.4, -0.2) is 8.42 Å². The summed E-state index contributed by atoms with van der Waals surface area (Å²) in [7, 11) is -3.98. The van der Waals surface area contributed by atoms with Crippen molar-refractivity contribution in [1.82, 2.24) is 0 Å². The molecule has 0 aliphatic carbocycles. The summed E-state index contributed by atoms with van der Waals surface area (Å²) in [6, 6.07) is 8.71. The van der Waals surface area contributed by atoms with Gasteiger partial charge in [0.15, 0.2) is 0 Å². The molecule has 0 unspecified atom stereocenters. The Labute approximate surface area is 141 Å². The molecule has 0 heterocycles. The third-order valence-electron chi connectivity index (χ3n) is 2.58. The Bertz CT molecular complexity index is 807. The van der Waals surface area contributed by atoms with Gasteiger partial charge in [-0.2, -0.15) is 13.2 Å². The summed E-state index contributed by atoms with van der Waals surface area (Å²) in [4.78, 5) is -0.0598. The highest BCUT2D eigenvalue weighted by Gasteiger charge is 2.31. The lowest BCUT2D eigenvalue weighted by atomic mass is 10.2. The Morgan fingerprint density at radius 1 is 0.955 bits per heavy atom. The molecule has 1 N–H and O–H groups in total. The maximum atomic E-state index is 12.8. The van der Waals surface area contributed by atoms with Gasteiger partial charge >= 0.3 is 6.18 Å². The second-order valence-corrected chi connectivity index (χ2v) is 7.80. The van der Waals surface area contributed by atoms with Gasteiger partial charge in [0.05, 0.1) is 16.1 Å². The van der Waals surface area contributed by atoms with Gasteiger partial charge in [-0.05, 0) is 36.4 Å². The molecule has 0 bridgehead atoms. The van der Waals surface area contributed by atoms with Crippen molar-refractivity contribution in [3.05, 3.63) is 57.0 Å². The first-order chi connectivity index (χ1) is 10.1. The highest BCUT2D eigenvalue weighted by Crippen LogP contribution is 2.34. The molecule has 118 valence electrons. The molecule has 2 rings (SSSR count). The van der Waals surface area contributed by atoms with E-state index in [1.54, 1.807) is 6.07 Å². The maximum absolute atomic E-state index is 12.8. The summed E-state index contributed by atoms with van der Waals surface area (Å²) in [6.45, 7) is 0. The molecule has 0 aliphatic heterocycles. The Morgan fingerprint density at radius 2 is 1.64 bits per heavy atom. The van der Waals surface area contributed by atoms with Crippen molar-refractivity contribution in [2.24, 2.45) is 0 Å². The van der Waals surface area contributed by atoms with E-state index in [2.05, 4.69) is 36.6 Å². The zero-order chi connectivity index (χ0) is 16.5. The Morgan fingerprint density at radius 3 is 2.23 bits per heavy atom. The summed E-state index contributed by atoms with van der Waals surface area (Å²) >= 11 is 6.08. The normalized spacial score (nSPS) is 12.2. The summed E-state index contributed by atoms with van der Waals surface area (Å²) < 4.78 is 65.5. The molecule has 22 heavy (non-hydrogen) atoms. The number of benzene rings is 2. The second-order valence-electron chi connectivity index (χ2n) is 4.29. The number of hydrogen-bond donors (Lipinski definition) is 1. The lowest BCUT2D eigenvalue weighted by molar-refractivity contribution is -0.137. The van der Waals surface area contributed by atoms with Crippen molar-refractivity contribution in [1.29, 1.82) is 0 Å². The number of hydrogen-bond acceptors (Lipinski definition) is 2. The van der Waals surface area contributed by atoms with Gasteiger partial charge in [-0.25, -0.2) is 8.42 Å². The van der Waals surface area contributed by atoms with Crippen molar-refractivity contribution < 1.29 is 21.6 Å². The number of nitrogens with one attached hydrogen (secondary N) is 1. The molecule has 0 saturated heterocycles. The molecule has 0 aliphatic rings. The highest BCUT2D eigenvalue weighted by atomic mass is 79.9. The van der Waals surface area contributed by atoms with Crippen LogP contribution in [0.15, 0.2) is 56.3 Å². The predicted octanol–water partition coefficient (Wildman–Crippen LogP) is 5.03. The third-order valence-corrected chi connectivity index (χ3v) is 4.91. The molecule has 0 radical (unpaired) electrons. The van der Waals surface area contributed by atoms with Crippen molar-refractivity contribution in [2.75, 3.05) is 4.72 Å². The van der Waals surface area contributed by atoms with Crippen molar-refractivity contribution >= 4 is 47.6 Å². The summed E-state index contributed by atoms with van der Waals surface area (Å²) in [5.41, 5.74) is -1.13. The monoisotopic (exact) mass is 457 g/mol. The summed E-state index contributed by atoms with van der Waals surface area (Å²) in [5.74, 6) is 0. The van der Waals surface area contributed by atoms with Gasteiger partial charge in [0.25, 0.3) is 10.0 Å². The molecule has 3 nitrogen and oxygen atoms in total. The molecule has 0 amide bonds. The fraction of sp³-hybridized carbons (Fsp3) is 0.0769. The Hall–Kier alpha value is -1.06. The van der Waals surface area contributed by atoms with Crippen LogP contribution in [-0.2, 0) is 16.2 Å². The first-order valence-corrected chi connectivity index (χ1v) is 8.81. The van der Waals surface area contributed by atoms with Crippen LogP contribution in [0, 0.1) is 0 Å². The van der Waals surface area contributed by atoms with Crippen LogP contribution in [0.25, 0.3) is 0 Å². The lowest BCUT2D eigenvalue weighted by Crippen LogP contribution is -2.14. The minimum atomic E-state index is -4.57. The first-order valence-electron chi connectivity index (χ1n) is 5.74.